The predicted octanol–water partition coefficient (Wildman–Crippen LogP) is 0.819. The molecule has 0 aliphatic carbocycles. The fraction of sp³-hybridized carbons (Fsp3) is 0.636. The molecule has 0 aliphatic rings. The molecule has 0 bridgehead atoms. The standard InChI is InChI=1S/C11H20N4O/c1-3-15-8-10(7-14-15)9(2)13-6-4-5-11(12)16/h7-9,13H,3-6H2,1-2H3,(H2,12,16). The van der Waals surface area contributed by atoms with E-state index >= 15 is 0 Å². The first-order valence-corrected chi connectivity index (χ1v) is 5.67. The largest absolute Gasteiger partial charge is 0.370 e. The summed E-state index contributed by atoms with van der Waals surface area (Å²) < 4.78 is 1.90. The number of hydrogen-bond acceptors (Lipinski definition) is 3. The third kappa shape index (κ3) is 4.02. The van der Waals surface area contributed by atoms with Crippen molar-refractivity contribution < 1.29 is 4.79 Å². The van der Waals surface area contributed by atoms with Crippen molar-refractivity contribution in [3.8, 4) is 0 Å². The molecule has 16 heavy (non-hydrogen) atoms. The Hall–Kier alpha value is -1.36. The summed E-state index contributed by atoms with van der Waals surface area (Å²) in [6.07, 6.45) is 5.12. The lowest BCUT2D eigenvalue weighted by Crippen LogP contribution is -2.21. The van der Waals surface area contributed by atoms with Gasteiger partial charge in [-0.05, 0) is 26.8 Å². The van der Waals surface area contributed by atoms with E-state index < -0.39 is 0 Å². The minimum absolute atomic E-state index is 0.242. The van der Waals surface area contributed by atoms with Crippen LogP contribution in [0.5, 0.6) is 0 Å². The number of hydrogen-bond donors (Lipinski definition) is 2. The van der Waals surface area contributed by atoms with E-state index in [4.69, 9.17) is 5.73 Å². The molecule has 0 radical (unpaired) electrons. The van der Waals surface area contributed by atoms with Crippen LogP contribution in [0.1, 0.15) is 38.3 Å². The molecule has 0 saturated carbocycles. The Balaban J connectivity index is 2.29. The Labute approximate surface area is 96.0 Å². The van der Waals surface area contributed by atoms with Gasteiger partial charge in [0, 0.05) is 30.8 Å². The first-order valence-electron chi connectivity index (χ1n) is 5.67. The van der Waals surface area contributed by atoms with Crippen LogP contribution in [-0.2, 0) is 11.3 Å². The smallest absolute Gasteiger partial charge is 0.217 e. The Morgan fingerprint density at radius 2 is 2.44 bits per heavy atom. The molecule has 1 heterocycles. The van der Waals surface area contributed by atoms with Gasteiger partial charge >= 0.3 is 0 Å². The quantitative estimate of drug-likeness (QED) is 0.673. The van der Waals surface area contributed by atoms with Crippen molar-refractivity contribution in [2.75, 3.05) is 6.54 Å². The maximum Gasteiger partial charge on any atom is 0.217 e. The molecule has 5 nitrogen and oxygen atoms in total. The highest BCUT2D eigenvalue weighted by molar-refractivity contribution is 5.73. The molecule has 0 saturated heterocycles. The zero-order valence-corrected chi connectivity index (χ0v) is 9.94. The van der Waals surface area contributed by atoms with Crippen LogP contribution in [0.2, 0.25) is 0 Å². The number of primary amides is 1. The minimum Gasteiger partial charge on any atom is -0.370 e. The lowest BCUT2D eigenvalue weighted by Gasteiger charge is -2.11. The van der Waals surface area contributed by atoms with Gasteiger partial charge in [0.25, 0.3) is 0 Å². The van der Waals surface area contributed by atoms with Gasteiger partial charge in [-0.2, -0.15) is 5.10 Å². The van der Waals surface area contributed by atoms with E-state index in [0.29, 0.717) is 6.42 Å². The minimum atomic E-state index is -0.242. The highest BCUT2D eigenvalue weighted by atomic mass is 16.1. The SMILES string of the molecule is CCn1cc(C(C)NCCCC(N)=O)cn1. The highest BCUT2D eigenvalue weighted by Crippen LogP contribution is 2.10. The predicted molar refractivity (Wildman–Crippen MR) is 62.7 cm³/mol. The average molecular weight is 224 g/mol. The molecule has 0 aliphatic heterocycles. The molecule has 1 atom stereocenters. The van der Waals surface area contributed by atoms with E-state index in [9.17, 15) is 4.79 Å². The molecule has 1 aromatic heterocycles. The Bertz CT molecular complexity index is 334. The molecule has 1 rings (SSSR count). The van der Waals surface area contributed by atoms with Crippen molar-refractivity contribution in [2.45, 2.75) is 39.3 Å². The lowest BCUT2D eigenvalue weighted by atomic mass is 10.2. The number of aromatic nitrogens is 2. The Kier molecular flexibility index (Phi) is 4.98. The number of amides is 1. The van der Waals surface area contributed by atoms with Crippen LogP contribution in [0, 0.1) is 0 Å². The van der Waals surface area contributed by atoms with Gasteiger partial charge in [-0.15, -0.1) is 0 Å². The van der Waals surface area contributed by atoms with Crippen LogP contribution in [-0.4, -0.2) is 22.2 Å². The van der Waals surface area contributed by atoms with Crippen LogP contribution >= 0.6 is 0 Å². The zero-order chi connectivity index (χ0) is 12.0. The van der Waals surface area contributed by atoms with Gasteiger partial charge in [0.1, 0.15) is 0 Å². The maximum atomic E-state index is 10.5. The molecule has 3 N–H and O–H groups in total. The molecule has 0 fully saturated rings. The van der Waals surface area contributed by atoms with Crippen LogP contribution in [0.15, 0.2) is 12.4 Å². The lowest BCUT2D eigenvalue weighted by molar-refractivity contribution is -0.118. The second-order valence-corrected chi connectivity index (χ2v) is 3.88. The molecule has 1 unspecified atom stereocenters. The van der Waals surface area contributed by atoms with Crippen molar-refractivity contribution in [1.82, 2.24) is 15.1 Å². The molecule has 90 valence electrons. The van der Waals surface area contributed by atoms with Gasteiger partial charge in [0.2, 0.25) is 5.91 Å². The number of nitrogens with zero attached hydrogens (tertiary/aromatic N) is 2. The van der Waals surface area contributed by atoms with Gasteiger partial charge in [-0.1, -0.05) is 0 Å². The van der Waals surface area contributed by atoms with Crippen molar-refractivity contribution in [3.63, 3.8) is 0 Å². The van der Waals surface area contributed by atoms with Crippen LogP contribution in [0.25, 0.3) is 0 Å². The summed E-state index contributed by atoms with van der Waals surface area (Å²) in [6.45, 7) is 5.82. The fourth-order valence-electron chi connectivity index (χ4n) is 1.48. The second-order valence-electron chi connectivity index (χ2n) is 3.88. The summed E-state index contributed by atoms with van der Waals surface area (Å²) in [6, 6.07) is 0.258. The number of nitrogens with one attached hydrogen (secondary N) is 1. The number of nitrogens with two attached hydrogens (primary N) is 1. The monoisotopic (exact) mass is 224 g/mol. The van der Waals surface area contributed by atoms with E-state index in [-0.39, 0.29) is 11.9 Å². The average Bonchev–Trinajstić information content (AvgIpc) is 2.72. The fourth-order valence-corrected chi connectivity index (χ4v) is 1.48. The second kappa shape index (κ2) is 6.27. The molecule has 0 aromatic carbocycles. The summed E-state index contributed by atoms with van der Waals surface area (Å²) >= 11 is 0. The Morgan fingerprint density at radius 3 is 3.00 bits per heavy atom. The summed E-state index contributed by atoms with van der Waals surface area (Å²) in [5.41, 5.74) is 6.23. The first-order chi connectivity index (χ1) is 7.63. The third-order valence-electron chi connectivity index (χ3n) is 2.53. The van der Waals surface area contributed by atoms with Gasteiger partial charge in [0.05, 0.1) is 6.20 Å². The number of rotatable bonds is 7. The molecule has 1 aromatic rings. The molecule has 5 heteroatoms. The first kappa shape index (κ1) is 12.7. The van der Waals surface area contributed by atoms with Crippen LogP contribution < -0.4 is 11.1 Å². The van der Waals surface area contributed by atoms with Crippen molar-refractivity contribution in [2.24, 2.45) is 5.73 Å². The summed E-state index contributed by atoms with van der Waals surface area (Å²) in [5, 5.41) is 7.55. The van der Waals surface area contributed by atoms with Crippen molar-refractivity contribution in [1.29, 1.82) is 0 Å². The summed E-state index contributed by atoms with van der Waals surface area (Å²) in [5.74, 6) is -0.242. The molecular formula is C11H20N4O. The van der Waals surface area contributed by atoms with Gasteiger partial charge < -0.3 is 11.1 Å². The molecular weight excluding hydrogens is 204 g/mol. The normalized spacial score (nSPS) is 12.6. The molecule has 0 spiro atoms. The highest BCUT2D eigenvalue weighted by Gasteiger charge is 2.06. The maximum absolute atomic E-state index is 10.5. The number of carbonyl (C=O) groups is 1. The summed E-state index contributed by atoms with van der Waals surface area (Å²) in [4.78, 5) is 10.5. The van der Waals surface area contributed by atoms with Gasteiger partial charge in [0.15, 0.2) is 0 Å². The van der Waals surface area contributed by atoms with Gasteiger partial charge in [-0.25, -0.2) is 0 Å². The van der Waals surface area contributed by atoms with Crippen LogP contribution in [0.4, 0.5) is 0 Å². The van der Waals surface area contributed by atoms with Gasteiger partial charge in [-0.3, -0.25) is 9.48 Å². The van der Waals surface area contributed by atoms with E-state index in [1.165, 1.54) is 5.56 Å². The van der Waals surface area contributed by atoms with E-state index in [1.54, 1.807) is 0 Å². The van der Waals surface area contributed by atoms with E-state index in [2.05, 4.69) is 24.3 Å². The zero-order valence-electron chi connectivity index (χ0n) is 9.94. The van der Waals surface area contributed by atoms with Crippen molar-refractivity contribution >= 4 is 5.91 Å². The Morgan fingerprint density at radius 1 is 1.69 bits per heavy atom. The number of carbonyl (C=O) groups excluding carboxylic acids is 1. The third-order valence-corrected chi connectivity index (χ3v) is 2.53. The van der Waals surface area contributed by atoms with Crippen molar-refractivity contribution in [3.05, 3.63) is 18.0 Å². The topological polar surface area (TPSA) is 72.9 Å². The van der Waals surface area contributed by atoms with E-state index in [1.807, 2.05) is 17.1 Å². The summed E-state index contributed by atoms with van der Waals surface area (Å²) in [7, 11) is 0. The number of aryl methyl sites for hydroxylation is 1. The van der Waals surface area contributed by atoms with E-state index in [0.717, 1.165) is 19.5 Å². The molecule has 1 amide bonds. The van der Waals surface area contributed by atoms with Crippen LogP contribution in [0.3, 0.4) is 0 Å².